The van der Waals surface area contributed by atoms with E-state index >= 15 is 0 Å². The lowest BCUT2D eigenvalue weighted by Crippen LogP contribution is -1.83. The first-order valence-corrected chi connectivity index (χ1v) is 5.83. The highest BCUT2D eigenvalue weighted by Gasteiger charge is 2.02. The monoisotopic (exact) mass is 367 g/mol. The van der Waals surface area contributed by atoms with Gasteiger partial charge in [-0.25, -0.2) is 4.98 Å². The maximum atomic E-state index is 5.92. The van der Waals surface area contributed by atoms with Crippen molar-refractivity contribution in [2.75, 3.05) is 0 Å². The Labute approximate surface area is 103 Å². The van der Waals surface area contributed by atoms with Crippen LogP contribution < -0.4 is 0 Å². The van der Waals surface area contributed by atoms with Crippen LogP contribution in [0.2, 0.25) is 5.02 Å². The number of hydrogen-bond donors (Lipinski definition) is 0. The minimum atomic E-state index is 0.751. The average Bonchev–Trinajstić information content (AvgIpc) is 2.06. The quantitative estimate of drug-likeness (QED) is 0.500. The second kappa shape index (κ2) is 3.71. The number of pyridine rings is 1. The lowest BCUT2D eigenvalue weighted by molar-refractivity contribution is 1.34. The van der Waals surface area contributed by atoms with Gasteiger partial charge in [-0.15, -0.1) is 0 Å². The Morgan fingerprint density at radius 3 is 2.85 bits per heavy atom. The van der Waals surface area contributed by atoms with E-state index in [9.17, 15) is 0 Å². The van der Waals surface area contributed by atoms with E-state index in [0.717, 1.165) is 24.1 Å². The van der Waals surface area contributed by atoms with E-state index in [2.05, 4.69) is 43.5 Å². The maximum Gasteiger partial charge on any atom is 0.106 e. The van der Waals surface area contributed by atoms with Gasteiger partial charge in [0.25, 0.3) is 0 Å². The van der Waals surface area contributed by atoms with E-state index in [1.54, 1.807) is 0 Å². The summed E-state index contributed by atoms with van der Waals surface area (Å²) in [4.78, 5) is 4.37. The highest BCUT2D eigenvalue weighted by atomic mass is 127. The van der Waals surface area contributed by atoms with Crippen molar-refractivity contribution in [3.63, 3.8) is 0 Å². The summed E-state index contributed by atoms with van der Waals surface area (Å²) >= 11 is 11.5. The summed E-state index contributed by atoms with van der Waals surface area (Å²) in [6.07, 6.45) is 0. The topological polar surface area (TPSA) is 12.9 Å². The summed E-state index contributed by atoms with van der Waals surface area (Å²) in [5, 5.41) is 1.82. The molecule has 4 heteroatoms. The third-order valence-electron chi connectivity index (χ3n) is 1.68. The normalized spacial score (nSPS) is 10.7. The van der Waals surface area contributed by atoms with Crippen LogP contribution in [0.3, 0.4) is 0 Å². The van der Waals surface area contributed by atoms with Crippen molar-refractivity contribution in [2.24, 2.45) is 0 Å². The number of benzene rings is 1. The second-order valence-electron chi connectivity index (χ2n) is 2.59. The molecule has 0 N–H and O–H groups in total. The molecule has 0 bridgehead atoms. The highest BCUT2D eigenvalue weighted by molar-refractivity contribution is 14.1. The Bertz CT molecular complexity index is 472. The summed E-state index contributed by atoms with van der Waals surface area (Å²) in [7, 11) is 0. The molecule has 1 aromatic carbocycles. The lowest BCUT2D eigenvalue weighted by atomic mass is 10.2. The smallest absolute Gasteiger partial charge is 0.106 e. The molecule has 1 heterocycles. The van der Waals surface area contributed by atoms with E-state index in [-0.39, 0.29) is 0 Å². The van der Waals surface area contributed by atoms with Crippen molar-refractivity contribution in [2.45, 2.75) is 0 Å². The summed E-state index contributed by atoms with van der Waals surface area (Å²) in [5.41, 5.74) is 0.986. The van der Waals surface area contributed by atoms with E-state index < -0.39 is 0 Å². The average molecular weight is 368 g/mol. The zero-order valence-electron chi connectivity index (χ0n) is 6.39. The molecule has 0 aliphatic carbocycles. The molecule has 0 spiro atoms. The van der Waals surface area contributed by atoms with Gasteiger partial charge in [-0.05, 0) is 56.7 Å². The molecular formula is C9H4BrClIN. The van der Waals surface area contributed by atoms with E-state index in [4.69, 9.17) is 11.6 Å². The van der Waals surface area contributed by atoms with Gasteiger partial charge in [0.15, 0.2) is 0 Å². The van der Waals surface area contributed by atoms with Crippen molar-refractivity contribution in [1.29, 1.82) is 0 Å². The highest BCUT2D eigenvalue weighted by Crippen LogP contribution is 2.25. The van der Waals surface area contributed by atoms with Crippen molar-refractivity contribution >= 4 is 61.0 Å². The van der Waals surface area contributed by atoms with Gasteiger partial charge in [0.05, 0.1) is 5.52 Å². The first-order chi connectivity index (χ1) is 6.16. The minimum absolute atomic E-state index is 0.751. The van der Waals surface area contributed by atoms with Crippen LogP contribution in [0.1, 0.15) is 0 Å². The second-order valence-corrected chi connectivity index (χ2v) is 5.00. The van der Waals surface area contributed by atoms with E-state index in [1.165, 1.54) is 0 Å². The summed E-state index contributed by atoms with van der Waals surface area (Å²) < 4.78 is 1.92. The lowest BCUT2D eigenvalue weighted by Gasteiger charge is -2.01. The molecule has 0 fully saturated rings. The van der Waals surface area contributed by atoms with Gasteiger partial charge in [0.2, 0.25) is 0 Å². The fourth-order valence-corrected chi connectivity index (χ4v) is 2.62. The number of rotatable bonds is 0. The van der Waals surface area contributed by atoms with Crippen molar-refractivity contribution in [1.82, 2.24) is 4.98 Å². The van der Waals surface area contributed by atoms with Crippen LogP contribution in [0.4, 0.5) is 0 Å². The Kier molecular flexibility index (Phi) is 2.76. The van der Waals surface area contributed by atoms with Crippen molar-refractivity contribution in [3.05, 3.63) is 37.5 Å². The van der Waals surface area contributed by atoms with Gasteiger partial charge in [0.1, 0.15) is 4.60 Å². The fraction of sp³-hybridized carbons (Fsp3) is 0. The van der Waals surface area contributed by atoms with E-state index in [0.29, 0.717) is 0 Å². The molecule has 0 saturated heterocycles. The fourth-order valence-electron chi connectivity index (χ4n) is 1.13. The van der Waals surface area contributed by atoms with Gasteiger partial charge < -0.3 is 0 Å². The van der Waals surface area contributed by atoms with Crippen LogP contribution in [0.15, 0.2) is 28.9 Å². The minimum Gasteiger partial charge on any atom is -0.240 e. The third-order valence-corrected chi connectivity index (χ3v) is 3.16. The van der Waals surface area contributed by atoms with Gasteiger partial charge >= 0.3 is 0 Å². The number of halogens is 3. The molecule has 0 aliphatic heterocycles. The Hall–Kier alpha value is 0.130. The molecule has 2 rings (SSSR count). The number of aromatic nitrogens is 1. The van der Waals surface area contributed by atoms with Crippen LogP contribution >= 0.6 is 50.1 Å². The molecule has 1 aromatic heterocycles. The van der Waals surface area contributed by atoms with Gasteiger partial charge in [-0.3, -0.25) is 0 Å². The molecule has 0 aliphatic rings. The zero-order chi connectivity index (χ0) is 9.42. The van der Waals surface area contributed by atoms with Crippen LogP contribution in [0.25, 0.3) is 10.9 Å². The zero-order valence-corrected chi connectivity index (χ0v) is 10.9. The molecule has 13 heavy (non-hydrogen) atoms. The summed E-state index contributed by atoms with van der Waals surface area (Å²) in [6.45, 7) is 0. The Morgan fingerprint density at radius 2 is 2.08 bits per heavy atom. The number of nitrogens with zero attached hydrogens (tertiary/aromatic N) is 1. The molecule has 0 unspecified atom stereocenters. The predicted molar refractivity (Wildman–Crippen MR) is 67.2 cm³/mol. The predicted octanol–water partition coefficient (Wildman–Crippen LogP) is 4.26. The van der Waals surface area contributed by atoms with Crippen LogP contribution in [0.5, 0.6) is 0 Å². The molecule has 2 aromatic rings. The molecule has 0 amide bonds. The SMILES string of the molecule is Clc1cc(I)c2nc(Br)ccc2c1. The first-order valence-electron chi connectivity index (χ1n) is 3.58. The number of fused-ring (bicyclic) bond motifs is 1. The van der Waals surface area contributed by atoms with Gasteiger partial charge in [-0.2, -0.15) is 0 Å². The Balaban J connectivity index is 2.87. The van der Waals surface area contributed by atoms with Crippen molar-refractivity contribution in [3.8, 4) is 0 Å². The molecule has 66 valence electrons. The molecule has 0 radical (unpaired) electrons. The Morgan fingerprint density at radius 1 is 1.31 bits per heavy atom. The van der Waals surface area contributed by atoms with Crippen LogP contribution in [0, 0.1) is 3.57 Å². The molecule has 1 nitrogen and oxygen atoms in total. The van der Waals surface area contributed by atoms with Crippen LogP contribution in [-0.4, -0.2) is 4.98 Å². The molecule has 0 saturated carbocycles. The van der Waals surface area contributed by atoms with Gasteiger partial charge in [0, 0.05) is 14.0 Å². The van der Waals surface area contributed by atoms with Crippen molar-refractivity contribution < 1.29 is 0 Å². The summed E-state index contributed by atoms with van der Waals surface area (Å²) in [5.74, 6) is 0. The van der Waals surface area contributed by atoms with Gasteiger partial charge in [-0.1, -0.05) is 17.7 Å². The standard InChI is InChI=1S/C9H4BrClIN/c10-8-2-1-5-3-6(11)4-7(12)9(5)13-8/h1-4H. The number of hydrogen-bond acceptors (Lipinski definition) is 1. The first kappa shape index (κ1) is 9.68. The summed E-state index contributed by atoms with van der Waals surface area (Å²) in [6, 6.07) is 7.73. The third kappa shape index (κ3) is 1.97. The van der Waals surface area contributed by atoms with Crippen LogP contribution in [-0.2, 0) is 0 Å². The largest absolute Gasteiger partial charge is 0.240 e. The molecule has 0 atom stereocenters. The maximum absolute atomic E-state index is 5.92. The molecular weight excluding hydrogens is 364 g/mol. The van der Waals surface area contributed by atoms with E-state index in [1.807, 2.05) is 24.3 Å².